The van der Waals surface area contributed by atoms with Crippen molar-refractivity contribution in [3.05, 3.63) is 24.2 Å². The van der Waals surface area contributed by atoms with E-state index in [2.05, 4.69) is 14.8 Å². The molecule has 0 saturated heterocycles. The number of rotatable bonds is 5. The lowest BCUT2D eigenvalue weighted by Gasteiger charge is -2.26. The van der Waals surface area contributed by atoms with Crippen molar-refractivity contribution >= 4 is 22.3 Å². The molecule has 0 aromatic carbocycles. The summed E-state index contributed by atoms with van der Waals surface area (Å²) < 4.78 is 30.6. The minimum Gasteiger partial charge on any atom is -0.598 e. The Balaban J connectivity index is 1.78. The van der Waals surface area contributed by atoms with E-state index in [1.165, 1.54) is 0 Å². The van der Waals surface area contributed by atoms with Crippen molar-refractivity contribution < 1.29 is 8.94 Å². The first-order valence-electron chi connectivity index (χ1n) is 7.86. The third kappa shape index (κ3) is 3.67. The van der Waals surface area contributed by atoms with Gasteiger partial charge in [-0.1, -0.05) is 0 Å². The molecule has 1 N–H and O–H groups in total. The Labute approximate surface area is 139 Å². The van der Waals surface area contributed by atoms with Crippen molar-refractivity contribution in [2.24, 2.45) is 0 Å². The smallest absolute Gasteiger partial charge is 0.136 e. The van der Waals surface area contributed by atoms with E-state index in [-0.39, 0.29) is 10.8 Å². The van der Waals surface area contributed by atoms with E-state index < -0.39 is 17.0 Å². The molecule has 0 radical (unpaired) electrons. The average molecular weight is 338 g/mol. The van der Waals surface area contributed by atoms with Gasteiger partial charge < -0.3 is 4.55 Å². The fourth-order valence-electron chi connectivity index (χ4n) is 2.32. The Morgan fingerprint density at radius 2 is 2.13 bits per heavy atom. The molecule has 23 heavy (non-hydrogen) atoms. The second kappa shape index (κ2) is 5.72. The maximum Gasteiger partial charge on any atom is 0.136 e. The summed E-state index contributed by atoms with van der Waals surface area (Å²) in [6, 6.07) is 1.78. The zero-order valence-electron chi connectivity index (χ0n) is 14.0. The highest BCUT2D eigenvalue weighted by molar-refractivity contribution is 7.90. The van der Waals surface area contributed by atoms with Crippen LogP contribution in [0.25, 0.3) is 10.9 Å². The van der Waals surface area contributed by atoms with E-state index in [0.29, 0.717) is 19.4 Å². The van der Waals surface area contributed by atoms with Crippen LogP contribution in [0, 0.1) is 0 Å². The minimum absolute atomic E-state index is 0.140. The lowest BCUT2D eigenvalue weighted by Crippen LogP contribution is -2.40. The van der Waals surface area contributed by atoms with Gasteiger partial charge in [0, 0.05) is 16.7 Å². The summed E-state index contributed by atoms with van der Waals surface area (Å²) in [5, 5.41) is 5.20. The maximum absolute atomic E-state index is 13.9. The van der Waals surface area contributed by atoms with Crippen LogP contribution < -0.4 is 4.72 Å². The summed E-state index contributed by atoms with van der Waals surface area (Å²) in [7, 11) is 0. The first-order valence-corrected chi connectivity index (χ1v) is 9.01. The molecule has 1 aliphatic rings. The van der Waals surface area contributed by atoms with Crippen LogP contribution in [-0.4, -0.2) is 29.7 Å². The molecule has 7 heteroatoms. The SMILES string of the molecule is CC(N[S@+]([O-])C(C)(C)C)c1cc2cnn(CC3(F)CC3)c2cn1. The van der Waals surface area contributed by atoms with Gasteiger partial charge in [0.2, 0.25) is 0 Å². The van der Waals surface area contributed by atoms with Crippen molar-refractivity contribution in [1.29, 1.82) is 0 Å². The van der Waals surface area contributed by atoms with Gasteiger partial charge in [0.25, 0.3) is 0 Å². The topological polar surface area (TPSA) is 65.8 Å². The monoisotopic (exact) mass is 338 g/mol. The van der Waals surface area contributed by atoms with E-state index in [4.69, 9.17) is 0 Å². The number of hydrogen-bond acceptors (Lipinski definition) is 4. The van der Waals surface area contributed by atoms with Gasteiger partial charge in [0.1, 0.15) is 10.4 Å². The Kier molecular flexibility index (Phi) is 4.14. The van der Waals surface area contributed by atoms with Crippen molar-refractivity contribution in [1.82, 2.24) is 19.5 Å². The summed E-state index contributed by atoms with van der Waals surface area (Å²) in [5.41, 5.74) is 0.550. The summed E-state index contributed by atoms with van der Waals surface area (Å²) in [6.45, 7) is 8.00. The number of aromatic nitrogens is 3. The standard InChI is InChI=1S/C16H23FN4OS/c1-11(20-23(22)15(2,3)4)13-7-12-8-19-21(14(12)9-18-13)10-16(17)5-6-16/h7-9,11,20H,5-6,10H2,1-4H3/t11?,23-/m1/s1. The third-order valence-corrected chi connectivity index (χ3v) is 5.74. The molecule has 0 amide bonds. The Morgan fingerprint density at radius 1 is 1.43 bits per heavy atom. The van der Waals surface area contributed by atoms with E-state index in [1.54, 1.807) is 17.1 Å². The molecule has 2 atom stereocenters. The van der Waals surface area contributed by atoms with Gasteiger partial charge in [0.15, 0.2) is 0 Å². The highest BCUT2D eigenvalue weighted by Gasteiger charge is 2.44. The normalized spacial score (nSPS) is 19.7. The molecule has 1 saturated carbocycles. The lowest BCUT2D eigenvalue weighted by molar-refractivity contribution is 0.264. The Bertz CT molecular complexity index is 708. The van der Waals surface area contributed by atoms with Gasteiger partial charge in [-0.25, -0.2) is 4.39 Å². The molecule has 3 rings (SSSR count). The summed E-state index contributed by atoms with van der Waals surface area (Å²) in [6.07, 6.45) is 4.68. The number of pyridine rings is 1. The van der Waals surface area contributed by atoms with Crippen LogP contribution in [-0.2, 0) is 17.9 Å². The maximum atomic E-state index is 13.9. The highest BCUT2D eigenvalue weighted by Crippen LogP contribution is 2.41. The van der Waals surface area contributed by atoms with Crippen LogP contribution in [0.2, 0.25) is 0 Å². The number of hydrogen-bond donors (Lipinski definition) is 1. The second-order valence-corrected chi connectivity index (χ2v) is 9.34. The first-order chi connectivity index (χ1) is 10.7. The van der Waals surface area contributed by atoms with Crippen LogP contribution in [0.1, 0.15) is 52.3 Å². The fourth-order valence-corrected chi connectivity index (χ4v) is 3.11. The van der Waals surface area contributed by atoms with Gasteiger partial charge in [-0.3, -0.25) is 9.67 Å². The molecule has 1 unspecified atom stereocenters. The van der Waals surface area contributed by atoms with Gasteiger partial charge >= 0.3 is 0 Å². The Hall–Kier alpha value is -1.18. The summed E-state index contributed by atoms with van der Waals surface area (Å²) >= 11 is -1.16. The summed E-state index contributed by atoms with van der Waals surface area (Å²) in [5.74, 6) is 0. The Morgan fingerprint density at radius 3 is 2.74 bits per heavy atom. The number of halogens is 1. The molecular weight excluding hydrogens is 315 g/mol. The summed E-state index contributed by atoms with van der Waals surface area (Å²) in [4.78, 5) is 4.44. The number of nitrogens with one attached hydrogen (secondary N) is 1. The van der Waals surface area contributed by atoms with Gasteiger partial charge in [0.05, 0.1) is 36.2 Å². The van der Waals surface area contributed by atoms with Crippen molar-refractivity contribution in [3.8, 4) is 0 Å². The van der Waals surface area contributed by atoms with Gasteiger partial charge in [-0.15, -0.1) is 4.72 Å². The molecule has 126 valence electrons. The lowest BCUT2D eigenvalue weighted by atomic mass is 10.2. The second-order valence-electron chi connectivity index (χ2n) is 7.34. The van der Waals surface area contributed by atoms with E-state index in [0.717, 1.165) is 16.6 Å². The molecule has 2 aromatic rings. The van der Waals surface area contributed by atoms with Gasteiger partial charge in [-0.2, -0.15) is 5.10 Å². The van der Waals surface area contributed by atoms with Crippen molar-refractivity contribution in [2.75, 3.05) is 0 Å². The first kappa shape index (κ1) is 16.7. The van der Waals surface area contributed by atoms with Crippen LogP contribution in [0.4, 0.5) is 4.39 Å². The number of fused-ring (bicyclic) bond motifs is 1. The van der Waals surface area contributed by atoms with E-state index >= 15 is 0 Å². The number of alkyl halides is 1. The third-order valence-electron chi connectivity index (χ3n) is 4.06. The molecule has 1 aliphatic carbocycles. The molecule has 5 nitrogen and oxygen atoms in total. The molecule has 2 aromatic heterocycles. The van der Waals surface area contributed by atoms with E-state index in [1.807, 2.05) is 33.8 Å². The predicted molar refractivity (Wildman–Crippen MR) is 90.0 cm³/mol. The molecule has 1 fully saturated rings. The van der Waals surface area contributed by atoms with Gasteiger partial charge in [-0.05, 0) is 46.6 Å². The molecular formula is C16H23FN4OS. The zero-order chi connectivity index (χ0) is 16.8. The van der Waals surface area contributed by atoms with Crippen molar-refractivity contribution in [3.63, 3.8) is 0 Å². The quantitative estimate of drug-likeness (QED) is 0.851. The van der Waals surface area contributed by atoms with Crippen LogP contribution in [0.3, 0.4) is 0 Å². The van der Waals surface area contributed by atoms with Crippen molar-refractivity contribution in [2.45, 2.75) is 63.5 Å². The minimum atomic E-state index is -1.16. The van der Waals surface area contributed by atoms with Crippen LogP contribution in [0.5, 0.6) is 0 Å². The van der Waals surface area contributed by atoms with Crippen LogP contribution >= 0.6 is 0 Å². The average Bonchev–Trinajstić information content (AvgIpc) is 3.06. The number of nitrogens with zero attached hydrogens (tertiary/aromatic N) is 3. The highest BCUT2D eigenvalue weighted by atomic mass is 32.2. The molecule has 0 bridgehead atoms. The molecule has 2 heterocycles. The zero-order valence-corrected chi connectivity index (χ0v) is 14.8. The predicted octanol–water partition coefficient (Wildman–Crippen LogP) is 3.05. The van der Waals surface area contributed by atoms with Crippen LogP contribution in [0.15, 0.2) is 18.5 Å². The largest absolute Gasteiger partial charge is 0.598 e. The molecule has 0 spiro atoms. The fraction of sp³-hybridized carbons (Fsp3) is 0.625. The van der Waals surface area contributed by atoms with E-state index in [9.17, 15) is 8.94 Å². The molecule has 0 aliphatic heterocycles.